The van der Waals surface area contributed by atoms with Crippen LogP contribution in [0.4, 0.5) is 0 Å². The molecule has 178 valence electrons. The number of nitrogens with zero attached hydrogens (tertiary/aromatic N) is 3. The summed E-state index contributed by atoms with van der Waals surface area (Å²) in [4.78, 5) is 26.3. The number of rotatable bonds is 9. The zero-order valence-corrected chi connectivity index (χ0v) is 19.5. The average Bonchev–Trinajstić information content (AvgIpc) is 3.56. The first-order valence-electron chi connectivity index (χ1n) is 11.1. The molecule has 2 amide bonds. The lowest BCUT2D eigenvalue weighted by Gasteiger charge is -2.14. The minimum absolute atomic E-state index is 0.0769. The number of hydrogen-bond donors (Lipinski definition) is 1. The minimum Gasteiger partial charge on any atom is -0.496 e. The van der Waals surface area contributed by atoms with Crippen molar-refractivity contribution in [3.63, 3.8) is 0 Å². The zero-order valence-electron chi connectivity index (χ0n) is 19.5. The normalized spacial score (nSPS) is 10.9. The number of benzene rings is 2. The maximum atomic E-state index is 12.7. The van der Waals surface area contributed by atoms with Crippen molar-refractivity contribution in [1.29, 1.82) is 0 Å². The van der Waals surface area contributed by atoms with E-state index in [1.807, 2.05) is 60.8 Å². The summed E-state index contributed by atoms with van der Waals surface area (Å²) in [6.45, 7) is 0.192. The van der Waals surface area contributed by atoms with Gasteiger partial charge in [0, 0.05) is 30.4 Å². The van der Waals surface area contributed by atoms with Crippen LogP contribution in [0.5, 0.6) is 5.75 Å². The number of carbonyl (C=O) groups excluding carboxylic acids is 2. The molecule has 1 N–H and O–H groups in total. The highest BCUT2D eigenvalue weighted by molar-refractivity contribution is 5.95. The number of nitrogens with one attached hydrogen (secondary N) is 1. The fraction of sp³-hybridized carbons (Fsp3) is 0.148. The van der Waals surface area contributed by atoms with E-state index in [2.05, 4.69) is 5.32 Å². The Morgan fingerprint density at radius 3 is 2.60 bits per heavy atom. The Labute approximate surface area is 203 Å². The van der Waals surface area contributed by atoms with Crippen molar-refractivity contribution in [2.75, 3.05) is 20.7 Å². The Morgan fingerprint density at radius 1 is 1.09 bits per heavy atom. The summed E-state index contributed by atoms with van der Waals surface area (Å²) in [5, 5.41) is 7.50. The fourth-order valence-electron chi connectivity index (χ4n) is 3.51. The molecule has 0 radical (unpaired) electrons. The van der Waals surface area contributed by atoms with Crippen molar-refractivity contribution in [2.24, 2.45) is 0 Å². The summed E-state index contributed by atoms with van der Waals surface area (Å²) in [5.41, 5.74) is 3.11. The van der Waals surface area contributed by atoms with E-state index in [1.165, 1.54) is 11.0 Å². The van der Waals surface area contributed by atoms with Crippen LogP contribution in [-0.2, 0) is 16.1 Å². The van der Waals surface area contributed by atoms with E-state index in [9.17, 15) is 9.59 Å². The van der Waals surface area contributed by atoms with Crippen molar-refractivity contribution in [2.45, 2.75) is 6.54 Å². The quantitative estimate of drug-likeness (QED) is 0.375. The Bertz CT molecular complexity index is 1310. The SMILES string of the molecule is COc1ccccc1-c1nn(-c2ccccc2)cc1/C=C/C(=O)N(C)CC(=O)NCc1ccco1. The maximum absolute atomic E-state index is 12.7. The van der Waals surface area contributed by atoms with Crippen LogP contribution < -0.4 is 10.1 Å². The molecule has 0 fully saturated rings. The molecule has 0 aliphatic heterocycles. The van der Waals surface area contributed by atoms with Gasteiger partial charge in [-0.3, -0.25) is 9.59 Å². The number of carbonyl (C=O) groups is 2. The molecule has 2 heterocycles. The monoisotopic (exact) mass is 470 g/mol. The number of likely N-dealkylation sites (N-methyl/N-ethyl adjacent to an activating group) is 1. The van der Waals surface area contributed by atoms with Gasteiger partial charge in [-0.05, 0) is 42.5 Å². The highest BCUT2D eigenvalue weighted by atomic mass is 16.5. The van der Waals surface area contributed by atoms with Gasteiger partial charge in [-0.25, -0.2) is 4.68 Å². The second kappa shape index (κ2) is 11.0. The van der Waals surface area contributed by atoms with Gasteiger partial charge in [0.1, 0.15) is 17.2 Å². The molecule has 4 aromatic rings. The smallest absolute Gasteiger partial charge is 0.246 e. The molecule has 2 aromatic carbocycles. The second-order valence-corrected chi connectivity index (χ2v) is 7.80. The van der Waals surface area contributed by atoms with E-state index in [0.29, 0.717) is 17.2 Å². The van der Waals surface area contributed by atoms with Crippen LogP contribution in [0, 0.1) is 0 Å². The third kappa shape index (κ3) is 5.86. The first-order valence-corrected chi connectivity index (χ1v) is 11.1. The average molecular weight is 471 g/mol. The predicted octanol–water partition coefficient (Wildman–Crippen LogP) is 3.93. The maximum Gasteiger partial charge on any atom is 0.246 e. The van der Waals surface area contributed by atoms with Gasteiger partial charge < -0.3 is 19.4 Å². The van der Waals surface area contributed by atoms with Gasteiger partial charge in [0.15, 0.2) is 0 Å². The number of aromatic nitrogens is 2. The molecule has 0 atom stereocenters. The van der Waals surface area contributed by atoms with Crippen LogP contribution in [0.15, 0.2) is 89.7 Å². The van der Waals surface area contributed by atoms with Crippen LogP contribution in [-0.4, -0.2) is 47.2 Å². The van der Waals surface area contributed by atoms with Gasteiger partial charge in [0.05, 0.1) is 32.1 Å². The number of amides is 2. The van der Waals surface area contributed by atoms with Crippen LogP contribution in [0.2, 0.25) is 0 Å². The number of methoxy groups -OCH3 is 1. The van der Waals surface area contributed by atoms with Crippen molar-refractivity contribution in [1.82, 2.24) is 20.0 Å². The first kappa shape index (κ1) is 23.6. The molecule has 0 aliphatic carbocycles. The molecule has 0 spiro atoms. The summed E-state index contributed by atoms with van der Waals surface area (Å²) in [7, 11) is 3.19. The highest BCUT2D eigenvalue weighted by Gasteiger charge is 2.16. The van der Waals surface area contributed by atoms with Gasteiger partial charge in [0.2, 0.25) is 11.8 Å². The molecule has 8 nitrogen and oxygen atoms in total. The summed E-state index contributed by atoms with van der Waals surface area (Å²) < 4.78 is 12.5. The zero-order chi connectivity index (χ0) is 24.6. The second-order valence-electron chi connectivity index (χ2n) is 7.80. The van der Waals surface area contributed by atoms with Crippen LogP contribution in [0.25, 0.3) is 23.0 Å². The van der Waals surface area contributed by atoms with E-state index in [4.69, 9.17) is 14.3 Å². The molecule has 0 saturated carbocycles. The third-order valence-electron chi connectivity index (χ3n) is 5.33. The number of para-hydroxylation sites is 2. The first-order chi connectivity index (χ1) is 17.0. The van der Waals surface area contributed by atoms with Gasteiger partial charge >= 0.3 is 0 Å². The molecule has 35 heavy (non-hydrogen) atoms. The third-order valence-corrected chi connectivity index (χ3v) is 5.33. The highest BCUT2D eigenvalue weighted by Crippen LogP contribution is 2.32. The van der Waals surface area contributed by atoms with Gasteiger partial charge in [-0.1, -0.05) is 30.3 Å². The van der Waals surface area contributed by atoms with Crippen molar-refractivity contribution in [3.8, 4) is 22.7 Å². The summed E-state index contributed by atoms with van der Waals surface area (Å²) in [5.74, 6) is 0.734. The van der Waals surface area contributed by atoms with Crippen LogP contribution in [0.3, 0.4) is 0 Å². The van der Waals surface area contributed by atoms with Crippen LogP contribution in [0.1, 0.15) is 11.3 Å². The molecular formula is C27H26N4O4. The standard InChI is InChI=1S/C27H26N4O4/c1-30(19-25(32)28-17-22-11-8-16-35-22)26(33)15-14-20-18-31(21-9-4-3-5-10-21)29-27(20)23-12-6-7-13-24(23)34-2/h3-16,18H,17,19H2,1-2H3,(H,28,32)/b15-14+. The number of hydrogen-bond acceptors (Lipinski definition) is 5. The van der Waals surface area contributed by atoms with E-state index in [0.717, 1.165) is 16.8 Å². The molecule has 2 aromatic heterocycles. The lowest BCUT2D eigenvalue weighted by atomic mass is 10.1. The molecule has 8 heteroatoms. The number of furan rings is 1. The molecule has 0 saturated heterocycles. The molecule has 0 aliphatic rings. The molecule has 4 rings (SSSR count). The Morgan fingerprint density at radius 2 is 1.86 bits per heavy atom. The largest absolute Gasteiger partial charge is 0.496 e. The Hall–Kier alpha value is -4.59. The van der Waals surface area contributed by atoms with E-state index in [-0.39, 0.29) is 24.9 Å². The summed E-state index contributed by atoms with van der Waals surface area (Å²) in [6, 6.07) is 20.8. The summed E-state index contributed by atoms with van der Waals surface area (Å²) >= 11 is 0. The Balaban J connectivity index is 1.52. The van der Waals surface area contributed by atoms with Crippen molar-refractivity contribution < 1.29 is 18.7 Å². The van der Waals surface area contributed by atoms with Gasteiger partial charge in [0.25, 0.3) is 0 Å². The molecule has 0 unspecified atom stereocenters. The van der Waals surface area contributed by atoms with E-state index >= 15 is 0 Å². The number of ether oxygens (including phenoxy) is 1. The van der Waals surface area contributed by atoms with E-state index < -0.39 is 0 Å². The van der Waals surface area contributed by atoms with Crippen molar-refractivity contribution >= 4 is 17.9 Å². The Kier molecular flexibility index (Phi) is 7.42. The van der Waals surface area contributed by atoms with E-state index in [1.54, 1.807) is 43.3 Å². The minimum atomic E-state index is -0.309. The summed E-state index contributed by atoms with van der Waals surface area (Å²) in [6.07, 6.45) is 6.54. The fourth-order valence-corrected chi connectivity index (χ4v) is 3.51. The van der Waals surface area contributed by atoms with Gasteiger partial charge in [-0.15, -0.1) is 0 Å². The van der Waals surface area contributed by atoms with Crippen LogP contribution >= 0.6 is 0 Å². The molecular weight excluding hydrogens is 444 g/mol. The van der Waals surface area contributed by atoms with Gasteiger partial charge in [-0.2, -0.15) is 5.10 Å². The molecule has 0 bridgehead atoms. The predicted molar refractivity (Wildman–Crippen MR) is 133 cm³/mol. The lowest BCUT2D eigenvalue weighted by Crippen LogP contribution is -2.37. The topological polar surface area (TPSA) is 89.6 Å². The lowest BCUT2D eigenvalue weighted by molar-refractivity contribution is -0.131. The van der Waals surface area contributed by atoms with Crippen molar-refractivity contribution in [3.05, 3.63) is 96.6 Å².